The number of aromatic nitrogens is 2. The lowest BCUT2D eigenvalue weighted by Gasteiger charge is -2.16. The number of benzene rings is 1. The SMILES string of the molecule is Cc1ccc(Cl)cc1NC(=O)C(C)n1nc(C)c(C)cc1=O. The quantitative estimate of drug-likeness (QED) is 0.945. The second-order valence-corrected chi connectivity index (χ2v) is 5.76. The third kappa shape index (κ3) is 3.36. The molecule has 0 aliphatic carbocycles. The first-order chi connectivity index (χ1) is 10.3. The smallest absolute Gasteiger partial charge is 0.267 e. The zero-order chi connectivity index (χ0) is 16.4. The summed E-state index contributed by atoms with van der Waals surface area (Å²) in [7, 11) is 0. The molecule has 1 aromatic carbocycles. The summed E-state index contributed by atoms with van der Waals surface area (Å²) in [5.74, 6) is -0.316. The van der Waals surface area contributed by atoms with Gasteiger partial charge in [-0.2, -0.15) is 5.10 Å². The molecule has 1 unspecified atom stereocenters. The van der Waals surface area contributed by atoms with Crippen LogP contribution in [0.25, 0.3) is 0 Å². The molecule has 0 bridgehead atoms. The highest BCUT2D eigenvalue weighted by Gasteiger charge is 2.19. The molecule has 1 atom stereocenters. The molecular formula is C16H18ClN3O2. The standard InChI is InChI=1S/C16H18ClN3O2/c1-9-5-6-13(17)8-14(9)18-16(22)12(4)20-15(21)7-10(2)11(3)19-20/h5-8,12H,1-4H3,(H,18,22). The van der Waals surface area contributed by atoms with Gasteiger partial charge in [-0.15, -0.1) is 0 Å². The third-order valence-electron chi connectivity index (χ3n) is 3.60. The molecule has 1 N–H and O–H groups in total. The van der Waals surface area contributed by atoms with Crippen LogP contribution in [0.1, 0.15) is 29.8 Å². The number of nitrogens with zero attached hydrogens (tertiary/aromatic N) is 2. The van der Waals surface area contributed by atoms with Gasteiger partial charge >= 0.3 is 0 Å². The lowest BCUT2D eigenvalue weighted by atomic mass is 10.2. The number of nitrogens with one attached hydrogen (secondary N) is 1. The Morgan fingerprint density at radius 3 is 2.59 bits per heavy atom. The summed E-state index contributed by atoms with van der Waals surface area (Å²) in [6.07, 6.45) is 0. The molecule has 0 radical (unpaired) electrons. The van der Waals surface area contributed by atoms with E-state index in [1.807, 2.05) is 19.9 Å². The van der Waals surface area contributed by atoms with Crippen LogP contribution in [0.3, 0.4) is 0 Å². The van der Waals surface area contributed by atoms with Crippen LogP contribution in [0.15, 0.2) is 29.1 Å². The van der Waals surface area contributed by atoms with Crippen LogP contribution < -0.4 is 10.9 Å². The van der Waals surface area contributed by atoms with E-state index in [1.165, 1.54) is 10.7 Å². The fraction of sp³-hybridized carbons (Fsp3) is 0.312. The van der Waals surface area contributed by atoms with Crippen LogP contribution in [-0.4, -0.2) is 15.7 Å². The summed E-state index contributed by atoms with van der Waals surface area (Å²) in [6, 6.07) is 6.02. The average Bonchev–Trinajstić information content (AvgIpc) is 2.46. The topological polar surface area (TPSA) is 64.0 Å². The molecule has 0 spiro atoms. The molecule has 6 heteroatoms. The van der Waals surface area contributed by atoms with Crippen molar-refractivity contribution in [2.45, 2.75) is 33.7 Å². The van der Waals surface area contributed by atoms with Crippen molar-refractivity contribution in [1.82, 2.24) is 9.78 Å². The van der Waals surface area contributed by atoms with Crippen molar-refractivity contribution in [2.24, 2.45) is 0 Å². The normalized spacial score (nSPS) is 12.0. The molecule has 1 heterocycles. The fourth-order valence-corrected chi connectivity index (χ4v) is 2.17. The van der Waals surface area contributed by atoms with E-state index in [-0.39, 0.29) is 11.5 Å². The van der Waals surface area contributed by atoms with Crippen LogP contribution in [0.5, 0.6) is 0 Å². The predicted octanol–water partition coefficient (Wildman–Crippen LogP) is 3.02. The minimum absolute atomic E-state index is 0.298. The van der Waals surface area contributed by atoms with Crippen molar-refractivity contribution >= 4 is 23.2 Å². The van der Waals surface area contributed by atoms with E-state index >= 15 is 0 Å². The number of amides is 1. The summed E-state index contributed by atoms with van der Waals surface area (Å²) in [5, 5.41) is 7.52. The maximum Gasteiger partial charge on any atom is 0.267 e. The van der Waals surface area contributed by atoms with Crippen LogP contribution in [-0.2, 0) is 4.79 Å². The number of carbonyl (C=O) groups is 1. The Kier molecular flexibility index (Phi) is 4.66. The monoisotopic (exact) mass is 319 g/mol. The second-order valence-electron chi connectivity index (χ2n) is 5.32. The van der Waals surface area contributed by atoms with Gasteiger partial charge < -0.3 is 5.32 Å². The zero-order valence-corrected chi connectivity index (χ0v) is 13.7. The molecule has 0 aliphatic rings. The van der Waals surface area contributed by atoms with Gasteiger partial charge in [-0.1, -0.05) is 17.7 Å². The maximum absolute atomic E-state index is 12.4. The largest absolute Gasteiger partial charge is 0.324 e. The van der Waals surface area contributed by atoms with Gasteiger partial charge in [0.1, 0.15) is 6.04 Å². The number of carbonyl (C=O) groups excluding carboxylic acids is 1. The molecule has 116 valence electrons. The number of hydrogen-bond acceptors (Lipinski definition) is 3. The van der Waals surface area contributed by atoms with Gasteiger partial charge in [-0.05, 0) is 51.0 Å². The Hall–Kier alpha value is -2.14. The van der Waals surface area contributed by atoms with Crippen molar-refractivity contribution < 1.29 is 4.79 Å². The maximum atomic E-state index is 12.4. The van der Waals surface area contributed by atoms with Gasteiger partial charge in [0, 0.05) is 16.8 Å². The minimum Gasteiger partial charge on any atom is -0.324 e. The van der Waals surface area contributed by atoms with Crippen molar-refractivity contribution in [3.63, 3.8) is 0 Å². The molecule has 1 aromatic heterocycles. The molecule has 2 rings (SSSR count). The van der Waals surface area contributed by atoms with Crippen LogP contribution in [0, 0.1) is 20.8 Å². The number of halogens is 1. The van der Waals surface area contributed by atoms with E-state index < -0.39 is 6.04 Å². The Morgan fingerprint density at radius 2 is 1.91 bits per heavy atom. The molecule has 2 aromatic rings. The highest BCUT2D eigenvalue weighted by Crippen LogP contribution is 2.21. The highest BCUT2D eigenvalue weighted by atomic mass is 35.5. The van der Waals surface area contributed by atoms with E-state index in [0.717, 1.165) is 16.8 Å². The van der Waals surface area contributed by atoms with Crippen molar-refractivity contribution in [2.75, 3.05) is 5.32 Å². The van der Waals surface area contributed by atoms with Gasteiger partial charge in [0.25, 0.3) is 5.56 Å². The Bertz CT molecular complexity index is 783. The highest BCUT2D eigenvalue weighted by molar-refractivity contribution is 6.31. The van der Waals surface area contributed by atoms with Crippen molar-refractivity contribution in [3.8, 4) is 0 Å². The third-order valence-corrected chi connectivity index (χ3v) is 3.83. The van der Waals surface area contributed by atoms with Gasteiger partial charge in [-0.25, -0.2) is 4.68 Å². The number of aryl methyl sites for hydroxylation is 3. The van der Waals surface area contributed by atoms with Crippen LogP contribution in [0.4, 0.5) is 5.69 Å². The molecule has 22 heavy (non-hydrogen) atoms. The summed E-state index contributed by atoms with van der Waals surface area (Å²) >= 11 is 5.94. The van der Waals surface area contributed by atoms with Gasteiger partial charge in [0.05, 0.1) is 5.69 Å². The number of rotatable bonds is 3. The van der Waals surface area contributed by atoms with Crippen LogP contribution >= 0.6 is 11.6 Å². The van der Waals surface area contributed by atoms with E-state index in [0.29, 0.717) is 10.7 Å². The van der Waals surface area contributed by atoms with Crippen molar-refractivity contribution in [1.29, 1.82) is 0 Å². The Labute approximate surface area is 133 Å². The second kappa shape index (κ2) is 6.32. The Balaban J connectivity index is 2.28. The first kappa shape index (κ1) is 16.2. The van der Waals surface area contributed by atoms with Gasteiger partial charge in [0.2, 0.25) is 5.91 Å². The van der Waals surface area contributed by atoms with E-state index in [9.17, 15) is 9.59 Å². The van der Waals surface area contributed by atoms with Crippen molar-refractivity contribution in [3.05, 3.63) is 56.5 Å². The van der Waals surface area contributed by atoms with E-state index in [1.54, 1.807) is 26.0 Å². The molecule has 0 aliphatic heterocycles. The summed E-state index contributed by atoms with van der Waals surface area (Å²) in [4.78, 5) is 24.4. The molecular weight excluding hydrogens is 302 g/mol. The lowest BCUT2D eigenvalue weighted by molar-refractivity contribution is -0.119. The number of hydrogen-bond donors (Lipinski definition) is 1. The Morgan fingerprint density at radius 1 is 1.23 bits per heavy atom. The molecule has 0 fully saturated rings. The van der Waals surface area contributed by atoms with Crippen LogP contribution in [0.2, 0.25) is 5.02 Å². The molecule has 1 amide bonds. The predicted molar refractivity (Wildman–Crippen MR) is 87.5 cm³/mol. The first-order valence-electron chi connectivity index (χ1n) is 6.93. The minimum atomic E-state index is -0.717. The first-order valence-corrected chi connectivity index (χ1v) is 7.31. The summed E-state index contributed by atoms with van der Waals surface area (Å²) in [5.41, 5.74) is 2.75. The summed E-state index contributed by atoms with van der Waals surface area (Å²) < 4.78 is 1.19. The zero-order valence-electron chi connectivity index (χ0n) is 13.0. The van der Waals surface area contributed by atoms with E-state index in [4.69, 9.17) is 11.6 Å². The summed E-state index contributed by atoms with van der Waals surface area (Å²) in [6.45, 7) is 7.13. The molecule has 0 saturated carbocycles. The fourth-order valence-electron chi connectivity index (χ4n) is 2.00. The van der Waals surface area contributed by atoms with Gasteiger partial charge in [0.15, 0.2) is 0 Å². The molecule has 0 saturated heterocycles. The lowest BCUT2D eigenvalue weighted by Crippen LogP contribution is -2.34. The number of anilines is 1. The van der Waals surface area contributed by atoms with E-state index in [2.05, 4.69) is 10.4 Å². The molecule has 5 nitrogen and oxygen atoms in total. The average molecular weight is 320 g/mol. The van der Waals surface area contributed by atoms with Gasteiger partial charge in [-0.3, -0.25) is 9.59 Å².